The third-order valence-electron chi connectivity index (χ3n) is 11.1. The van der Waals surface area contributed by atoms with Crippen molar-refractivity contribution < 1.29 is 48.3 Å². The minimum atomic E-state index is -1.48. The Kier molecular flexibility index (Phi) is 22.0. The highest BCUT2D eigenvalue weighted by molar-refractivity contribution is 5.98. The molecule has 2 aromatic heterocycles. The van der Waals surface area contributed by atoms with Crippen molar-refractivity contribution in [1.29, 1.82) is 0 Å². The molecule has 0 saturated carbocycles. The average Bonchev–Trinajstić information content (AvgIpc) is 4.01. The number of benzene rings is 2. The van der Waals surface area contributed by atoms with Crippen molar-refractivity contribution in [3.63, 3.8) is 0 Å². The molecule has 0 unspecified atom stereocenters. The van der Waals surface area contributed by atoms with Gasteiger partial charge in [0.25, 0.3) is 0 Å². The first kappa shape index (κ1) is 55.3. The summed E-state index contributed by atoms with van der Waals surface area (Å²) >= 11 is 0. The number of primary amides is 1. The molecule has 0 bridgehead atoms. The van der Waals surface area contributed by atoms with Gasteiger partial charge in [-0.15, -0.1) is 0 Å². The minimum absolute atomic E-state index is 0.0409. The van der Waals surface area contributed by atoms with Crippen molar-refractivity contribution >= 4 is 70.1 Å². The van der Waals surface area contributed by atoms with Crippen LogP contribution in [0.15, 0.2) is 78.3 Å². The molecule has 4 aromatic rings. The molecule has 24 nitrogen and oxygen atoms in total. The number of unbranched alkanes of at least 4 members (excludes halogenated alkanes) is 1. The van der Waals surface area contributed by atoms with E-state index in [0.717, 1.165) is 10.9 Å². The van der Waals surface area contributed by atoms with Crippen LogP contribution in [0.25, 0.3) is 10.9 Å². The Morgan fingerprint density at radius 2 is 1.20 bits per heavy atom. The number of nitrogens with zero attached hydrogens (tertiary/aromatic N) is 2. The molecule has 0 aliphatic rings. The van der Waals surface area contributed by atoms with Crippen molar-refractivity contribution in [2.24, 2.45) is 22.2 Å². The zero-order valence-electron chi connectivity index (χ0n) is 39.6. The number of amides is 8. The molecular formula is C47H64N14O10. The smallest absolute Gasteiger partial charge is 0.303 e. The van der Waals surface area contributed by atoms with Crippen LogP contribution in [0.3, 0.4) is 0 Å². The van der Waals surface area contributed by atoms with E-state index < -0.39 is 102 Å². The van der Waals surface area contributed by atoms with Gasteiger partial charge in [0.05, 0.1) is 12.9 Å². The lowest BCUT2D eigenvalue weighted by Crippen LogP contribution is -2.60. The molecule has 0 saturated heterocycles. The van der Waals surface area contributed by atoms with Gasteiger partial charge in [-0.2, -0.15) is 0 Å². The number of aliphatic imine (C=N–C) groups is 1. The molecule has 24 heteroatoms. The van der Waals surface area contributed by atoms with Gasteiger partial charge in [-0.25, -0.2) is 4.98 Å². The van der Waals surface area contributed by atoms with Crippen molar-refractivity contribution in [1.82, 2.24) is 52.2 Å². The SMILES string of the molecule is CCCC[C@H](NC(C)=O)C(=O)N[C@@H](CCC(=O)O)C(=O)N[C@@H](Cc1cnc[nH]1)C(=O)N[C@H](Cc1ccccc1)C(=O)N[C@@H](CCCN=C(N)N)C(=O)N[C@@H](Cc1c[nH]c2ccccc12)C(=O)NCC(N)=O. The highest BCUT2D eigenvalue weighted by Crippen LogP contribution is 2.20. The van der Waals surface area contributed by atoms with E-state index in [1.165, 1.54) is 19.4 Å². The number of carboxylic acids is 1. The molecule has 0 spiro atoms. The van der Waals surface area contributed by atoms with Gasteiger partial charge in [-0.3, -0.25) is 48.1 Å². The van der Waals surface area contributed by atoms with E-state index in [2.05, 4.69) is 57.2 Å². The normalized spacial score (nSPS) is 13.4. The second kappa shape index (κ2) is 28.2. The first-order valence-electron chi connectivity index (χ1n) is 23.1. The lowest BCUT2D eigenvalue weighted by Gasteiger charge is -2.27. The largest absolute Gasteiger partial charge is 0.481 e. The Morgan fingerprint density at radius 1 is 0.648 bits per heavy atom. The number of H-pyrrole nitrogens is 2. The van der Waals surface area contributed by atoms with Gasteiger partial charge >= 0.3 is 5.97 Å². The van der Waals surface area contributed by atoms with E-state index in [1.807, 2.05) is 25.1 Å². The van der Waals surface area contributed by atoms with E-state index >= 15 is 0 Å². The van der Waals surface area contributed by atoms with Crippen molar-refractivity contribution in [3.8, 4) is 0 Å². The maximum Gasteiger partial charge on any atom is 0.303 e. The number of carboxylic acid groups (broad SMARTS) is 1. The number of nitrogens with two attached hydrogens (primary N) is 3. The molecule has 382 valence electrons. The topological polar surface area (TPSA) is 393 Å². The van der Waals surface area contributed by atoms with Gasteiger partial charge in [0.1, 0.15) is 36.3 Å². The lowest BCUT2D eigenvalue weighted by atomic mass is 10.0. The first-order chi connectivity index (χ1) is 33.9. The number of fused-ring (bicyclic) bond motifs is 1. The number of imidazole rings is 1. The van der Waals surface area contributed by atoms with Crippen LogP contribution in [0.4, 0.5) is 0 Å². The third kappa shape index (κ3) is 19.0. The molecule has 71 heavy (non-hydrogen) atoms. The summed E-state index contributed by atoms with van der Waals surface area (Å²) in [6.07, 6.45) is 4.71. The fourth-order valence-corrected chi connectivity index (χ4v) is 7.50. The highest BCUT2D eigenvalue weighted by Gasteiger charge is 2.34. The number of carbonyl (C=O) groups excluding carboxylic acids is 8. The van der Waals surface area contributed by atoms with Crippen LogP contribution in [0.2, 0.25) is 0 Å². The Hall–Kier alpha value is -8.31. The number of aromatic nitrogens is 3. The van der Waals surface area contributed by atoms with Gasteiger partial charge in [-0.1, -0.05) is 68.3 Å². The Bertz CT molecular complexity index is 2470. The number of hydrogen-bond acceptors (Lipinski definition) is 11. The van der Waals surface area contributed by atoms with Gasteiger partial charge in [0.2, 0.25) is 47.3 Å². The van der Waals surface area contributed by atoms with Crippen LogP contribution in [-0.4, -0.2) is 129 Å². The molecule has 0 radical (unpaired) electrons. The summed E-state index contributed by atoms with van der Waals surface area (Å²) in [4.78, 5) is 134. The second-order valence-corrected chi connectivity index (χ2v) is 16.8. The molecule has 0 aliphatic heterocycles. The van der Waals surface area contributed by atoms with Crippen molar-refractivity contribution in [2.75, 3.05) is 13.1 Å². The maximum absolute atomic E-state index is 14.5. The molecule has 2 aromatic carbocycles. The number of carbonyl (C=O) groups is 9. The highest BCUT2D eigenvalue weighted by atomic mass is 16.4. The van der Waals surface area contributed by atoms with Crippen LogP contribution in [0.5, 0.6) is 0 Å². The third-order valence-corrected chi connectivity index (χ3v) is 11.1. The molecule has 0 fully saturated rings. The van der Waals surface area contributed by atoms with Crippen LogP contribution in [0, 0.1) is 0 Å². The molecule has 16 N–H and O–H groups in total. The van der Waals surface area contributed by atoms with E-state index in [0.29, 0.717) is 29.7 Å². The monoisotopic (exact) mass is 984 g/mol. The zero-order chi connectivity index (χ0) is 51.9. The average molecular weight is 985 g/mol. The number of rotatable bonds is 30. The van der Waals surface area contributed by atoms with Gasteiger partial charge in [-0.05, 0) is 42.9 Å². The van der Waals surface area contributed by atoms with Gasteiger partial charge in [0, 0.05) is 68.1 Å². The minimum Gasteiger partial charge on any atom is -0.481 e. The second-order valence-electron chi connectivity index (χ2n) is 16.8. The Morgan fingerprint density at radius 3 is 1.77 bits per heavy atom. The van der Waals surface area contributed by atoms with Crippen molar-refractivity contribution in [2.45, 2.75) is 114 Å². The van der Waals surface area contributed by atoms with Crippen molar-refractivity contribution in [3.05, 3.63) is 90.1 Å². The lowest BCUT2D eigenvalue weighted by molar-refractivity contribution is -0.138. The molecular weight excluding hydrogens is 921 g/mol. The van der Waals surface area contributed by atoms with Crippen LogP contribution in [-0.2, 0) is 62.4 Å². The summed E-state index contributed by atoms with van der Waals surface area (Å²) < 4.78 is 0. The summed E-state index contributed by atoms with van der Waals surface area (Å²) in [6.45, 7) is 2.66. The fraction of sp³-hybridized carbons (Fsp3) is 0.426. The molecule has 8 amide bonds. The van der Waals surface area contributed by atoms with E-state index in [4.69, 9.17) is 17.2 Å². The Labute approximate surface area is 409 Å². The number of aromatic amines is 2. The van der Waals surface area contributed by atoms with Crippen LogP contribution >= 0.6 is 0 Å². The standard InChI is InChI=1S/C47H64N14O10/c1-3-4-14-33(56-27(2)62)42(67)58-35(17-18-40(64)65)44(69)61-38(22-30-24-51-26-55-30)46(71)59-36(20-28-11-6-5-7-12-28)45(70)57-34(16-10-19-52-47(49)50)43(68)60-37(41(66)54-25-39(48)63)21-29-23-53-32-15-9-8-13-31(29)32/h5-9,11-13,15,23-24,26,33-38,53H,3-4,10,14,16-22,25H2,1-2H3,(H2,48,63)(H,51,55)(H,54,66)(H,56,62)(H,57,70)(H,58,67)(H,59,71)(H,60,68)(H,61,69)(H,64,65)(H4,49,50,52)/t33-,34-,35-,36+,37-,38-/m0/s1. The number of nitrogens with one attached hydrogen (secondary N) is 9. The number of para-hydroxylation sites is 1. The van der Waals surface area contributed by atoms with Gasteiger partial charge in [0.15, 0.2) is 5.96 Å². The van der Waals surface area contributed by atoms with Crippen LogP contribution in [0.1, 0.15) is 75.6 Å². The first-order valence-corrected chi connectivity index (χ1v) is 23.1. The summed E-state index contributed by atoms with van der Waals surface area (Å²) in [5.74, 6) is -7.72. The predicted octanol–water partition coefficient (Wildman–Crippen LogP) is -1.44. The number of aliphatic carboxylic acids is 1. The summed E-state index contributed by atoms with van der Waals surface area (Å²) in [7, 11) is 0. The summed E-state index contributed by atoms with van der Waals surface area (Å²) in [5, 5.41) is 28.6. The van der Waals surface area contributed by atoms with Gasteiger partial charge < -0.3 is 69.5 Å². The summed E-state index contributed by atoms with van der Waals surface area (Å²) in [5.41, 5.74) is 18.8. The van der Waals surface area contributed by atoms with E-state index in [-0.39, 0.29) is 57.5 Å². The maximum atomic E-state index is 14.5. The number of hydrogen-bond donors (Lipinski definition) is 13. The zero-order valence-corrected chi connectivity index (χ0v) is 39.6. The van der Waals surface area contributed by atoms with Crippen LogP contribution < -0.4 is 54.4 Å². The summed E-state index contributed by atoms with van der Waals surface area (Å²) in [6, 6.07) is 7.86. The molecule has 2 heterocycles. The molecule has 6 atom stereocenters. The molecule has 4 rings (SSSR count). The predicted molar refractivity (Wildman–Crippen MR) is 260 cm³/mol. The fourth-order valence-electron chi connectivity index (χ4n) is 7.50. The Balaban J connectivity index is 1.65. The van der Waals surface area contributed by atoms with E-state index in [1.54, 1.807) is 42.6 Å². The number of guanidine groups is 1. The molecule has 0 aliphatic carbocycles. The quantitative estimate of drug-likeness (QED) is 0.0162. The van der Waals surface area contributed by atoms with E-state index in [9.17, 15) is 48.3 Å².